The molecule has 0 atom stereocenters. The molecule has 0 unspecified atom stereocenters. The minimum atomic E-state index is -0.750. The fraction of sp³-hybridized carbons (Fsp3) is 0.286. The maximum atomic E-state index is 12.5. The predicted octanol–water partition coefficient (Wildman–Crippen LogP) is -0.0320. The largest absolute Gasteiger partial charge is 0.437 e. The van der Waals surface area contributed by atoms with E-state index >= 15 is 0 Å². The maximum absolute atomic E-state index is 12.5. The SMILES string of the molecule is COCc1nn(CC(=O)N2CC(=O)Nc3ccccc32)c(=O)o1. The van der Waals surface area contributed by atoms with Crippen LogP contribution in [0.4, 0.5) is 11.4 Å². The molecular weight excluding hydrogens is 304 g/mol. The molecule has 1 aliphatic rings. The van der Waals surface area contributed by atoms with Crippen molar-refractivity contribution in [3.05, 3.63) is 40.7 Å². The molecule has 120 valence electrons. The van der Waals surface area contributed by atoms with Crippen LogP contribution in [0.25, 0.3) is 0 Å². The highest BCUT2D eigenvalue weighted by Crippen LogP contribution is 2.28. The number of hydrogen-bond donors (Lipinski definition) is 1. The molecule has 1 aliphatic heterocycles. The Morgan fingerprint density at radius 1 is 1.39 bits per heavy atom. The zero-order valence-corrected chi connectivity index (χ0v) is 12.3. The fourth-order valence-electron chi connectivity index (χ4n) is 2.30. The molecule has 0 saturated carbocycles. The number of ether oxygens (including phenoxy) is 1. The van der Waals surface area contributed by atoms with Crippen molar-refractivity contribution in [2.45, 2.75) is 13.2 Å². The number of benzene rings is 1. The molecule has 0 aliphatic carbocycles. The maximum Gasteiger partial charge on any atom is 0.437 e. The molecule has 1 N–H and O–H groups in total. The molecule has 0 saturated heterocycles. The van der Waals surface area contributed by atoms with Crippen LogP contribution in [0.2, 0.25) is 0 Å². The van der Waals surface area contributed by atoms with Crippen molar-refractivity contribution in [2.75, 3.05) is 23.9 Å². The van der Waals surface area contributed by atoms with Gasteiger partial charge in [-0.05, 0) is 12.1 Å². The number of aromatic nitrogens is 2. The average Bonchev–Trinajstić information content (AvgIpc) is 2.86. The summed E-state index contributed by atoms with van der Waals surface area (Å²) < 4.78 is 10.6. The number of anilines is 2. The van der Waals surface area contributed by atoms with E-state index in [1.165, 1.54) is 12.0 Å². The quantitative estimate of drug-likeness (QED) is 0.848. The number of methoxy groups -OCH3 is 1. The summed E-state index contributed by atoms with van der Waals surface area (Å²) in [6.07, 6.45) is 0. The summed E-state index contributed by atoms with van der Waals surface area (Å²) in [5, 5.41) is 6.56. The Morgan fingerprint density at radius 2 is 2.17 bits per heavy atom. The van der Waals surface area contributed by atoms with E-state index in [1.54, 1.807) is 24.3 Å². The smallest absolute Gasteiger partial charge is 0.390 e. The highest BCUT2D eigenvalue weighted by Gasteiger charge is 2.27. The normalized spacial score (nSPS) is 13.6. The van der Waals surface area contributed by atoms with Crippen LogP contribution in [-0.4, -0.2) is 35.2 Å². The summed E-state index contributed by atoms with van der Waals surface area (Å²) in [4.78, 5) is 37.2. The van der Waals surface area contributed by atoms with E-state index in [-0.39, 0.29) is 31.5 Å². The third kappa shape index (κ3) is 2.99. The Morgan fingerprint density at radius 3 is 2.96 bits per heavy atom. The third-order valence-electron chi connectivity index (χ3n) is 3.27. The number of nitrogens with one attached hydrogen (secondary N) is 1. The van der Waals surface area contributed by atoms with Crippen LogP contribution in [0.5, 0.6) is 0 Å². The lowest BCUT2D eigenvalue weighted by Gasteiger charge is -2.28. The van der Waals surface area contributed by atoms with Gasteiger partial charge in [-0.15, -0.1) is 5.10 Å². The van der Waals surface area contributed by atoms with E-state index in [0.29, 0.717) is 11.4 Å². The minimum absolute atomic E-state index is 0.0331. The summed E-state index contributed by atoms with van der Waals surface area (Å²) in [6.45, 7) is -0.410. The second kappa shape index (κ2) is 6.05. The zero-order valence-electron chi connectivity index (χ0n) is 12.3. The van der Waals surface area contributed by atoms with Crippen LogP contribution in [0.3, 0.4) is 0 Å². The standard InChI is InChI=1S/C14H14N4O5/c1-22-8-12-16-18(14(21)23-12)7-13(20)17-6-11(19)15-9-4-2-3-5-10(9)17/h2-5H,6-8H2,1H3,(H,15,19). The Bertz CT molecular complexity index is 809. The van der Waals surface area contributed by atoms with Gasteiger partial charge in [-0.1, -0.05) is 12.1 Å². The number of carbonyl (C=O) groups excluding carboxylic acids is 2. The molecular formula is C14H14N4O5. The summed E-state index contributed by atoms with van der Waals surface area (Å²) in [5.41, 5.74) is 1.12. The highest BCUT2D eigenvalue weighted by molar-refractivity contribution is 6.09. The van der Waals surface area contributed by atoms with Crippen molar-refractivity contribution in [1.29, 1.82) is 0 Å². The summed E-state index contributed by atoms with van der Waals surface area (Å²) in [6, 6.07) is 6.93. The number of rotatable bonds is 4. The van der Waals surface area contributed by atoms with Crippen molar-refractivity contribution in [1.82, 2.24) is 9.78 Å². The van der Waals surface area contributed by atoms with Gasteiger partial charge in [0.05, 0.1) is 11.4 Å². The second-order valence-electron chi connectivity index (χ2n) is 4.90. The van der Waals surface area contributed by atoms with Gasteiger partial charge in [0.25, 0.3) is 0 Å². The first-order chi connectivity index (χ1) is 11.1. The molecule has 0 spiro atoms. The lowest BCUT2D eigenvalue weighted by atomic mass is 10.2. The van der Waals surface area contributed by atoms with Crippen molar-refractivity contribution in [3.63, 3.8) is 0 Å². The first-order valence-electron chi connectivity index (χ1n) is 6.83. The third-order valence-corrected chi connectivity index (χ3v) is 3.27. The van der Waals surface area contributed by atoms with Gasteiger partial charge in [-0.3, -0.25) is 14.5 Å². The first-order valence-corrected chi connectivity index (χ1v) is 6.83. The van der Waals surface area contributed by atoms with Gasteiger partial charge in [0, 0.05) is 7.11 Å². The topological polar surface area (TPSA) is 107 Å². The molecule has 1 aromatic carbocycles. The Labute approximate surface area is 130 Å². The van der Waals surface area contributed by atoms with Crippen LogP contribution in [0.1, 0.15) is 5.89 Å². The zero-order chi connectivity index (χ0) is 16.4. The Balaban J connectivity index is 1.84. The summed E-state index contributed by atoms with van der Waals surface area (Å²) in [5.74, 6) is -1.40. The molecule has 9 nitrogen and oxygen atoms in total. The molecule has 2 heterocycles. The van der Waals surface area contributed by atoms with Gasteiger partial charge in [0.15, 0.2) is 0 Å². The van der Waals surface area contributed by atoms with Gasteiger partial charge < -0.3 is 14.5 Å². The summed E-state index contributed by atoms with van der Waals surface area (Å²) >= 11 is 0. The number of nitrogens with zero attached hydrogens (tertiary/aromatic N) is 3. The van der Waals surface area contributed by atoms with E-state index in [1.807, 2.05) is 0 Å². The number of para-hydroxylation sites is 2. The molecule has 0 fully saturated rings. The molecule has 2 aromatic rings. The number of hydrogen-bond acceptors (Lipinski definition) is 6. The number of carbonyl (C=O) groups is 2. The molecule has 1 aromatic heterocycles. The lowest BCUT2D eigenvalue weighted by Crippen LogP contribution is -2.44. The summed E-state index contributed by atoms with van der Waals surface area (Å²) in [7, 11) is 1.44. The van der Waals surface area contributed by atoms with Gasteiger partial charge >= 0.3 is 5.76 Å². The van der Waals surface area contributed by atoms with Crippen LogP contribution < -0.4 is 16.0 Å². The number of fused-ring (bicyclic) bond motifs is 1. The molecule has 0 radical (unpaired) electrons. The number of amides is 2. The van der Waals surface area contributed by atoms with E-state index in [4.69, 9.17) is 9.15 Å². The van der Waals surface area contributed by atoms with E-state index < -0.39 is 11.7 Å². The van der Waals surface area contributed by atoms with E-state index in [9.17, 15) is 14.4 Å². The van der Waals surface area contributed by atoms with Gasteiger partial charge in [-0.2, -0.15) is 4.68 Å². The van der Waals surface area contributed by atoms with Crippen LogP contribution in [0.15, 0.2) is 33.5 Å². The Hall–Kier alpha value is -2.94. The fourth-order valence-corrected chi connectivity index (χ4v) is 2.30. The highest BCUT2D eigenvalue weighted by atomic mass is 16.5. The van der Waals surface area contributed by atoms with Crippen molar-refractivity contribution >= 4 is 23.2 Å². The Kier molecular flexibility index (Phi) is 3.94. The predicted molar refractivity (Wildman–Crippen MR) is 78.9 cm³/mol. The van der Waals surface area contributed by atoms with Gasteiger partial charge in [0.2, 0.25) is 17.7 Å². The van der Waals surface area contributed by atoms with Crippen molar-refractivity contribution in [3.8, 4) is 0 Å². The molecule has 9 heteroatoms. The van der Waals surface area contributed by atoms with Gasteiger partial charge in [-0.25, -0.2) is 4.79 Å². The minimum Gasteiger partial charge on any atom is -0.390 e. The molecule has 2 amide bonds. The molecule has 23 heavy (non-hydrogen) atoms. The van der Waals surface area contributed by atoms with E-state index in [2.05, 4.69) is 10.4 Å². The van der Waals surface area contributed by atoms with Crippen molar-refractivity contribution < 1.29 is 18.7 Å². The lowest BCUT2D eigenvalue weighted by molar-refractivity contribution is -0.122. The second-order valence-corrected chi connectivity index (χ2v) is 4.90. The molecule has 0 bridgehead atoms. The van der Waals surface area contributed by atoms with Crippen LogP contribution in [0, 0.1) is 0 Å². The van der Waals surface area contributed by atoms with E-state index in [0.717, 1.165) is 4.68 Å². The van der Waals surface area contributed by atoms with Gasteiger partial charge in [0.1, 0.15) is 19.7 Å². The monoisotopic (exact) mass is 318 g/mol. The van der Waals surface area contributed by atoms with Crippen LogP contribution in [-0.2, 0) is 27.5 Å². The van der Waals surface area contributed by atoms with Crippen molar-refractivity contribution in [2.24, 2.45) is 0 Å². The first kappa shape index (κ1) is 15.0. The van der Waals surface area contributed by atoms with Crippen LogP contribution >= 0.6 is 0 Å². The average molecular weight is 318 g/mol. The molecule has 3 rings (SSSR count).